The zero-order valence-corrected chi connectivity index (χ0v) is 11.1. The number of carbonyl (C=O) groups is 1. The fourth-order valence-corrected chi connectivity index (χ4v) is 2.07. The van der Waals surface area contributed by atoms with Crippen LogP contribution in [0.25, 0.3) is 0 Å². The summed E-state index contributed by atoms with van der Waals surface area (Å²) in [5, 5.41) is 2.86. The SMILES string of the molecule is COCCNC(=O)C(C)N(C)C(CN)C1CC1. The topological polar surface area (TPSA) is 67.6 Å². The molecule has 0 spiro atoms. The number of nitrogens with one attached hydrogen (secondary N) is 1. The van der Waals surface area contributed by atoms with E-state index in [0.717, 1.165) is 0 Å². The molecule has 0 aromatic heterocycles. The number of nitrogens with zero attached hydrogens (tertiary/aromatic N) is 1. The number of nitrogens with two attached hydrogens (primary N) is 1. The van der Waals surface area contributed by atoms with Crippen molar-refractivity contribution in [3.63, 3.8) is 0 Å². The largest absolute Gasteiger partial charge is 0.383 e. The van der Waals surface area contributed by atoms with E-state index >= 15 is 0 Å². The maximum absolute atomic E-state index is 11.9. The van der Waals surface area contributed by atoms with Crippen LogP contribution in [0, 0.1) is 5.92 Å². The van der Waals surface area contributed by atoms with E-state index < -0.39 is 0 Å². The highest BCUT2D eigenvalue weighted by atomic mass is 16.5. The molecule has 0 aliphatic heterocycles. The summed E-state index contributed by atoms with van der Waals surface area (Å²) in [6.45, 7) is 3.65. The molecular formula is C12H25N3O2. The summed E-state index contributed by atoms with van der Waals surface area (Å²) in [6.07, 6.45) is 2.48. The zero-order valence-electron chi connectivity index (χ0n) is 11.1. The lowest BCUT2D eigenvalue weighted by molar-refractivity contribution is -0.126. The van der Waals surface area contributed by atoms with E-state index in [2.05, 4.69) is 10.2 Å². The number of hydrogen-bond donors (Lipinski definition) is 2. The molecule has 17 heavy (non-hydrogen) atoms. The molecule has 1 amide bonds. The van der Waals surface area contributed by atoms with Crippen LogP contribution in [0.4, 0.5) is 0 Å². The first-order valence-corrected chi connectivity index (χ1v) is 6.30. The molecule has 0 bridgehead atoms. The van der Waals surface area contributed by atoms with Crippen molar-refractivity contribution < 1.29 is 9.53 Å². The first-order valence-electron chi connectivity index (χ1n) is 6.30. The maximum Gasteiger partial charge on any atom is 0.237 e. The highest BCUT2D eigenvalue weighted by molar-refractivity contribution is 5.81. The Bertz CT molecular complexity index is 244. The van der Waals surface area contributed by atoms with Crippen LogP contribution in [0.2, 0.25) is 0 Å². The van der Waals surface area contributed by atoms with Crippen molar-refractivity contribution in [2.75, 3.05) is 33.9 Å². The lowest BCUT2D eigenvalue weighted by Gasteiger charge is -2.31. The van der Waals surface area contributed by atoms with Gasteiger partial charge < -0.3 is 15.8 Å². The lowest BCUT2D eigenvalue weighted by atomic mass is 10.1. The number of ether oxygens (including phenoxy) is 1. The first kappa shape index (κ1) is 14.4. The third-order valence-electron chi connectivity index (χ3n) is 3.53. The molecule has 100 valence electrons. The van der Waals surface area contributed by atoms with Gasteiger partial charge in [-0.3, -0.25) is 9.69 Å². The van der Waals surface area contributed by atoms with Gasteiger partial charge in [-0.15, -0.1) is 0 Å². The number of amides is 1. The predicted molar refractivity (Wildman–Crippen MR) is 67.7 cm³/mol. The van der Waals surface area contributed by atoms with Crippen molar-refractivity contribution in [2.45, 2.75) is 31.8 Å². The molecule has 0 aromatic carbocycles. The van der Waals surface area contributed by atoms with Crippen LogP contribution >= 0.6 is 0 Å². The van der Waals surface area contributed by atoms with Gasteiger partial charge in [-0.2, -0.15) is 0 Å². The molecule has 3 N–H and O–H groups in total. The van der Waals surface area contributed by atoms with Gasteiger partial charge in [0.15, 0.2) is 0 Å². The molecule has 0 radical (unpaired) electrons. The van der Waals surface area contributed by atoms with E-state index in [1.807, 2.05) is 14.0 Å². The predicted octanol–water partition coefficient (Wildman–Crippen LogP) is -0.193. The minimum Gasteiger partial charge on any atom is -0.383 e. The average Bonchev–Trinajstić information content (AvgIpc) is 3.13. The molecule has 0 heterocycles. The highest BCUT2D eigenvalue weighted by Gasteiger charge is 2.35. The molecule has 5 nitrogen and oxygen atoms in total. The van der Waals surface area contributed by atoms with E-state index in [0.29, 0.717) is 31.7 Å². The molecule has 1 rings (SSSR count). The molecule has 1 aliphatic rings. The Kier molecular flexibility index (Phi) is 5.88. The van der Waals surface area contributed by atoms with Crippen molar-refractivity contribution in [3.8, 4) is 0 Å². The van der Waals surface area contributed by atoms with Crippen molar-refractivity contribution in [2.24, 2.45) is 11.7 Å². The average molecular weight is 243 g/mol. The molecule has 1 saturated carbocycles. The van der Waals surface area contributed by atoms with Crippen LogP contribution in [-0.2, 0) is 9.53 Å². The standard InChI is InChI=1S/C12H25N3O2/c1-9(12(16)14-6-7-17-3)15(2)11(8-13)10-4-5-10/h9-11H,4-8,13H2,1-3H3,(H,14,16). The first-order chi connectivity index (χ1) is 8.11. The van der Waals surface area contributed by atoms with Crippen LogP contribution in [0.15, 0.2) is 0 Å². The minimum atomic E-state index is -0.138. The van der Waals surface area contributed by atoms with Gasteiger partial charge in [0.25, 0.3) is 0 Å². The Balaban J connectivity index is 2.38. The van der Waals surface area contributed by atoms with Crippen LogP contribution in [0.3, 0.4) is 0 Å². The fourth-order valence-electron chi connectivity index (χ4n) is 2.07. The second-order valence-corrected chi connectivity index (χ2v) is 4.77. The Morgan fingerprint density at radius 1 is 1.59 bits per heavy atom. The Labute approximate surface area is 104 Å². The van der Waals surface area contributed by atoms with Crippen LogP contribution in [-0.4, -0.2) is 56.7 Å². The quantitative estimate of drug-likeness (QED) is 0.580. The van der Waals surface area contributed by atoms with E-state index in [1.165, 1.54) is 12.8 Å². The summed E-state index contributed by atoms with van der Waals surface area (Å²) in [7, 11) is 3.61. The normalized spacial score (nSPS) is 19.1. The van der Waals surface area contributed by atoms with Gasteiger partial charge in [0, 0.05) is 26.2 Å². The Morgan fingerprint density at radius 2 is 2.24 bits per heavy atom. The summed E-state index contributed by atoms with van der Waals surface area (Å²) < 4.78 is 4.90. The molecule has 5 heteroatoms. The van der Waals surface area contributed by atoms with Gasteiger partial charge >= 0.3 is 0 Å². The van der Waals surface area contributed by atoms with Crippen molar-refractivity contribution >= 4 is 5.91 Å². The van der Waals surface area contributed by atoms with Gasteiger partial charge in [0.05, 0.1) is 12.6 Å². The number of carbonyl (C=O) groups excluding carboxylic acids is 1. The van der Waals surface area contributed by atoms with Crippen molar-refractivity contribution in [1.29, 1.82) is 0 Å². The Hall–Kier alpha value is -0.650. The minimum absolute atomic E-state index is 0.0450. The van der Waals surface area contributed by atoms with E-state index in [4.69, 9.17) is 10.5 Å². The number of hydrogen-bond acceptors (Lipinski definition) is 4. The smallest absolute Gasteiger partial charge is 0.237 e. The highest BCUT2D eigenvalue weighted by Crippen LogP contribution is 2.35. The Morgan fingerprint density at radius 3 is 2.71 bits per heavy atom. The number of methoxy groups -OCH3 is 1. The van der Waals surface area contributed by atoms with Crippen LogP contribution in [0.5, 0.6) is 0 Å². The maximum atomic E-state index is 11.9. The molecule has 1 aliphatic carbocycles. The second kappa shape index (κ2) is 6.93. The van der Waals surface area contributed by atoms with E-state index in [9.17, 15) is 4.79 Å². The van der Waals surface area contributed by atoms with Gasteiger partial charge in [-0.25, -0.2) is 0 Å². The van der Waals surface area contributed by atoms with Crippen LogP contribution in [0.1, 0.15) is 19.8 Å². The molecule has 2 unspecified atom stereocenters. The van der Waals surface area contributed by atoms with Gasteiger partial charge in [0.2, 0.25) is 5.91 Å². The second-order valence-electron chi connectivity index (χ2n) is 4.77. The fraction of sp³-hybridized carbons (Fsp3) is 0.917. The third kappa shape index (κ3) is 4.26. The van der Waals surface area contributed by atoms with Crippen molar-refractivity contribution in [1.82, 2.24) is 10.2 Å². The third-order valence-corrected chi connectivity index (χ3v) is 3.53. The summed E-state index contributed by atoms with van der Waals surface area (Å²) >= 11 is 0. The summed E-state index contributed by atoms with van der Waals surface area (Å²) in [5.74, 6) is 0.725. The molecule has 0 aromatic rings. The summed E-state index contributed by atoms with van der Waals surface area (Å²) in [6, 6.07) is 0.194. The number of rotatable bonds is 8. The molecule has 1 fully saturated rings. The van der Waals surface area contributed by atoms with Crippen molar-refractivity contribution in [3.05, 3.63) is 0 Å². The summed E-state index contributed by atoms with van der Waals surface area (Å²) in [5.41, 5.74) is 5.78. The van der Waals surface area contributed by atoms with Gasteiger partial charge in [-0.1, -0.05) is 0 Å². The van der Waals surface area contributed by atoms with E-state index in [-0.39, 0.29) is 11.9 Å². The summed E-state index contributed by atoms with van der Waals surface area (Å²) in [4.78, 5) is 14.0. The van der Waals surface area contributed by atoms with Crippen LogP contribution < -0.4 is 11.1 Å². The number of likely N-dealkylation sites (N-methyl/N-ethyl adjacent to an activating group) is 1. The van der Waals surface area contributed by atoms with Gasteiger partial charge in [0.1, 0.15) is 0 Å². The molecule has 2 atom stereocenters. The molecule has 0 saturated heterocycles. The molecular weight excluding hydrogens is 218 g/mol. The van der Waals surface area contributed by atoms with Gasteiger partial charge in [-0.05, 0) is 32.7 Å². The lowest BCUT2D eigenvalue weighted by Crippen LogP contribution is -2.51. The monoisotopic (exact) mass is 243 g/mol. The van der Waals surface area contributed by atoms with E-state index in [1.54, 1.807) is 7.11 Å². The zero-order chi connectivity index (χ0) is 12.8.